The third kappa shape index (κ3) is 5.43. The Hall–Kier alpha value is -1.63. The minimum Gasteiger partial charge on any atom is -0.493 e. The molecule has 144 valence electrons. The number of hydrogen-bond donors (Lipinski definition) is 1. The maximum Gasteiger partial charge on any atom is 0.237 e. The Morgan fingerprint density at radius 1 is 1.19 bits per heavy atom. The number of benzene rings is 1. The van der Waals surface area contributed by atoms with Gasteiger partial charge in [0.25, 0.3) is 0 Å². The number of hydrogen-bond acceptors (Lipinski definition) is 5. The Bertz CT molecular complexity index is 575. The summed E-state index contributed by atoms with van der Waals surface area (Å²) in [7, 11) is 0. The van der Waals surface area contributed by atoms with Crippen LogP contribution in [-0.2, 0) is 16.1 Å². The fourth-order valence-electron chi connectivity index (χ4n) is 3.48. The lowest BCUT2D eigenvalue weighted by atomic mass is 10.1. The van der Waals surface area contributed by atoms with E-state index in [0.29, 0.717) is 6.54 Å². The van der Waals surface area contributed by atoms with Crippen molar-refractivity contribution in [3.63, 3.8) is 0 Å². The van der Waals surface area contributed by atoms with E-state index in [2.05, 4.69) is 21.2 Å². The van der Waals surface area contributed by atoms with Crippen LogP contribution in [0.15, 0.2) is 24.3 Å². The number of rotatable bonds is 8. The van der Waals surface area contributed by atoms with Gasteiger partial charge in [-0.15, -0.1) is 0 Å². The zero-order valence-corrected chi connectivity index (χ0v) is 15.8. The molecule has 0 saturated carbocycles. The summed E-state index contributed by atoms with van der Waals surface area (Å²) in [4.78, 5) is 16.5. The average Bonchev–Trinajstić information content (AvgIpc) is 2.67. The van der Waals surface area contributed by atoms with Gasteiger partial charge < -0.3 is 14.8 Å². The van der Waals surface area contributed by atoms with Gasteiger partial charge in [0.2, 0.25) is 5.91 Å². The van der Waals surface area contributed by atoms with Crippen LogP contribution in [0.2, 0.25) is 0 Å². The van der Waals surface area contributed by atoms with E-state index in [4.69, 9.17) is 9.47 Å². The van der Waals surface area contributed by atoms with E-state index < -0.39 is 0 Å². The summed E-state index contributed by atoms with van der Waals surface area (Å²) in [6, 6.07) is 8.09. The van der Waals surface area contributed by atoms with Crippen molar-refractivity contribution in [1.82, 2.24) is 15.1 Å². The van der Waals surface area contributed by atoms with E-state index in [-0.39, 0.29) is 11.9 Å². The Balaban J connectivity index is 1.44. The highest BCUT2D eigenvalue weighted by atomic mass is 16.5. The number of piperazine rings is 1. The van der Waals surface area contributed by atoms with Crippen LogP contribution in [0.1, 0.15) is 25.3 Å². The molecule has 2 aliphatic heterocycles. The zero-order chi connectivity index (χ0) is 18.2. The third-order valence-electron chi connectivity index (χ3n) is 5.20. The monoisotopic (exact) mass is 361 g/mol. The molecule has 1 amide bonds. The lowest BCUT2D eigenvalue weighted by Gasteiger charge is -2.33. The van der Waals surface area contributed by atoms with Gasteiger partial charge in [-0.05, 0) is 32.4 Å². The van der Waals surface area contributed by atoms with Crippen LogP contribution in [0.4, 0.5) is 0 Å². The number of unbranched alkanes of at least 4 members (excludes halogenated alkanes) is 1. The molecule has 2 saturated heterocycles. The predicted octanol–water partition coefficient (Wildman–Crippen LogP) is 1.50. The molecule has 1 aromatic carbocycles. The van der Waals surface area contributed by atoms with Crippen LogP contribution >= 0.6 is 0 Å². The largest absolute Gasteiger partial charge is 0.493 e. The summed E-state index contributed by atoms with van der Waals surface area (Å²) < 4.78 is 11.4. The van der Waals surface area contributed by atoms with Crippen LogP contribution in [0.3, 0.4) is 0 Å². The predicted molar refractivity (Wildman–Crippen MR) is 101 cm³/mol. The second-order valence-corrected chi connectivity index (χ2v) is 7.05. The molecule has 2 fully saturated rings. The maximum atomic E-state index is 11.9. The number of carbonyl (C=O) groups excluding carboxylic acids is 1. The van der Waals surface area contributed by atoms with Gasteiger partial charge in [0, 0.05) is 38.3 Å². The van der Waals surface area contributed by atoms with Gasteiger partial charge in [-0.2, -0.15) is 0 Å². The Kier molecular flexibility index (Phi) is 7.29. The minimum absolute atomic E-state index is 0.0923. The molecule has 3 rings (SSSR count). The van der Waals surface area contributed by atoms with E-state index in [1.165, 1.54) is 0 Å². The highest BCUT2D eigenvalue weighted by Crippen LogP contribution is 2.22. The first-order chi connectivity index (χ1) is 12.7. The minimum atomic E-state index is -0.0923. The van der Waals surface area contributed by atoms with Crippen LogP contribution in [0, 0.1) is 0 Å². The molecule has 6 nitrogen and oxygen atoms in total. The Labute approximate surface area is 156 Å². The van der Waals surface area contributed by atoms with Gasteiger partial charge in [-0.3, -0.25) is 14.6 Å². The van der Waals surface area contributed by atoms with Gasteiger partial charge in [-0.1, -0.05) is 18.2 Å². The SMILES string of the molecule is C[C@H]1C(=O)NCCN1Cc1ccccc1OCCCCN1CCOCC1. The highest BCUT2D eigenvalue weighted by Gasteiger charge is 2.25. The van der Waals surface area contributed by atoms with E-state index in [9.17, 15) is 4.79 Å². The number of nitrogens with one attached hydrogen (secondary N) is 1. The standard InChI is InChI=1S/C20H31N3O3/c1-17-20(24)21-8-10-23(17)16-18-6-2-3-7-19(18)26-13-5-4-9-22-11-14-25-15-12-22/h2-3,6-7,17H,4-5,8-16H2,1H3,(H,21,24)/t17-/m0/s1. The van der Waals surface area contributed by atoms with Crippen LogP contribution in [0.5, 0.6) is 5.75 Å². The highest BCUT2D eigenvalue weighted by molar-refractivity contribution is 5.82. The molecular weight excluding hydrogens is 330 g/mol. The smallest absolute Gasteiger partial charge is 0.237 e. The molecule has 0 aliphatic carbocycles. The Morgan fingerprint density at radius 2 is 2.00 bits per heavy atom. The first-order valence-corrected chi connectivity index (χ1v) is 9.76. The van der Waals surface area contributed by atoms with Gasteiger partial charge in [0.15, 0.2) is 0 Å². The van der Waals surface area contributed by atoms with Crippen molar-refractivity contribution >= 4 is 5.91 Å². The summed E-state index contributed by atoms with van der Waals surface area (Å²) in [5.41, 5.74) is 1.15. The maximum absolute atomic E-state index is 11.9. The number of morpholine rings is 1. The fraction of sp³-hybridized carbons (Fsp3) is 0.650. The van der Waals surface area contributed by atoms with Crippen molar-refractivity contribution in [2.24, 2.45) is 0 Å². The lowest BCUT2D eigenvalue weighted by Crippen LogP contribution is -2.53. The molecule has 6 heteroatoms. The number of carbonyl (C=O) groups is 1. The van der Waals surface area contributed by atoms with Gasteiger partial charge in [0.05, 0.1) is 25.9 Å². The Morgan fingerprint density at radius 3 is 2.85 bits per heavy atom. The summed E-state index contributed by atoms with van der Waals surface area (Å²) >= 11 is 0. The van der Waals surface area contributed by atoms with Crippen molar-refractivity contribution in [2.75, 3.05) is 52.5 Å². The van der Waals surface area contributed by atoms with Gasteiger partial charge in [0.1, 0.15) is 5.75 Å². The van der Waals surface area contributed by atoms with E-state index >= 15 is 0 Å². The molecule has 0 unspecified atom stereocenters. The number of amides is 1. The van der Waals surface area contributed by atoms with Gasteiger partial charge >= 0.3 is 0 Å². The topological polar surface area (TPSA) is 54.0 Å². The van der Waals surface area contributed by atoms with Crippen LogP contribution in [0.25, 0.3) is 0 Å². The molecule has 0 spiro atoms. The van der Waals surface area contributed by atoms with Crippen LogP contribution in [-0.4, -0.2) is 74.3 Å². The first-order valence-electron chi connectivity index (χ1n) is 9.76. The van der Waals surface area contributed by atoms with Crippen molar-refractivity contribution in [3.05, 3.63) is 29.8 Å². The summed E-state index contributed by atoms with van der Waals surface area (Å²) in [5.74, 6) is 1.05. The average molecular weight is 361 g/mol. The molecule has 1 aromatic rings. The second-order valence-electron chi connectivity index (χ2n) is 7.05. The molecule has 1 N–H and O–H groups in total. The van der Waals surface area contributed by atoms with E-state index in [1.54, 1.807) is 0 Å². The molecule has 26 heavy (non-hydrogen) atoms. The lowest BCUT2D eigenvalue weighted by molar-refractivity contribution is -0.128. The molecule has 1 atom stereocenters. The zero-order valence-electron chi connectivity index (χ0n) is 15.8. The van der Waals surface area contributed by atoms with Crippen molar-refractivity contribution in [1.29, 1.82) is 0 Å². The third-order valence-corrected chi connectivity index (χ3v) is 5.20. The normalized spacial score (nSPS) is 22.2. The number of ether oxygens (including phenoxy) is 2. The molecular formula is C20H31N3O3. The fourth-order valence-corrected chi connectivity index (χ4v) is 3.48. The first kappa shape index (κ1) is 19.1. The molecule has 0 aromatic heterocycles. The quantitative estimate of drug-likeness (QED) is 0.711. The van der Waals surface area contributed by atoms with Crippen molar-refractivity contribution < 1.29 is 14.3 Å². The summed E-state index contributed by atoms with van der Waals surface area (Å²) in [6.07, 6.45) is 2.19. The summed E-state index contributed by atoms with van der Waals surface area (Å²) in [5, 5.41) is 2.91. The molecule has 2 heterocycles. The number of nitrogens with zero attached hydrogens (tertiary/aromatic N) is 2. The van der Waals surface area contributed by atoms with E-state index in [1.807, 2.05) is 25.1 Å². The van der Waals surface area contributed by atoms with Gasteiger partial charge in [-0.25, -0.2) is 0 Å². The molecule has 0 radical (unpaired) electrons. The number of para-hydroxylation sites is 1. The van der Waals surface area contributed by atoms with Crippen molar-refractivity contribution in [2.45, 2.75) is 32.4 Å². The molecule has 2 aliphatic rings. The van der Waals surface area contributed by atoms with E-state index in [0.717, 1.165) is 76.7 Å². The van der Waals surface area contributed by atoms with Crippen molar-refractivity contribution in [3.8, 4) is 5.75 Å². The second kappa shape index (κ2) is 9.90. The van der Waals surface area contributed by atoms with Crippen LogP contribution < -0.4 is 10.1 Å². The summed E-state index contributed by atoms with van der Waals surface area (Å²) in [6.45, 7) is 9.97. The molecule has 0 bridgehead atoms.